The van der Waals surface area contributed by atoms with E-state index in [4.69, 9.17) is 14.2 Å². The lowest BCUT2D eigenvalue weighted by molar-refractivity contribution is -0.148. The van der Waals surface area contributed by atoms with Gasteiger partial charge in [0.15, 0.2) is 18.1 Å². The van der Waals surface area contributed by atoms with Gasteiger partial charge in [0.1, 0.15) is 0 Å². The maximum absolute atomic E-state index is 12.7. The molecule has 1 aliphatic carbocycles. The van der Waals surface area contributed by atoms with Crippen molar-refractivity contribution in [2.75, 3.05) is 27.4 Å². The molecule has 6 heteroatoms. The normalized spacial score (nSPS) is 25.1. The zero-order valence-corrected chi connectivity index (χ0v) is 18.0. The van der Waals surface area contributed by atoms with Crippen LogP contribution in [0.4, 0.5) is 0 Å². The number of carbonyl (C=O) groups excluding carboxylic acids is 2. The van der Waals surface area contributed by atoms with Crippen LogP contribution in [0, 0.1) is 10.8 Å². The van der Waals surface area contributed by atoms with E-state index in [1.165, 1.54) is 6.08 Å². The van der Waals surface area contributed by atoms with Gasteiger partial charge in [-0.2, -0.15) is 0 Å². The van der Waals surface area contributed by atoms with Gasteiger partial charge >= 0.3 is 5.97 Å². The van der Waals surface area contributed by atoms with Gasteiger partial charge in [-0.05, 0) is 53.9 Å². The Morgan fingerprint density at radius 1 is 1.14 bits per heavy atom. The highest BCUT2D eigenvalue weighted by Crippen LogP contribution is 2.52. The number of hydrogen-bond donors (Lipinski definition) is 0. The summed E-state index contributed by atoms with van der Waals surface area (Å²) in [6.07, 6.45) is 6.10. The fourth-order valence-electron chi connectivity index (χ4n) is 5.14. The number of ether oxygens (including phenoxy) is 3. The number of likely N-dealkylation sites (tertiary alicyclic amines) is 1. The summed E-state index contributed by atoms with van der Waals surface area (Å²) in [5.41, 5.74) is 1.18. The van der Waals surface area contributed by atoms with Gasteiger partial charge in [0.05, 0.1) is 14.2 Å². The second-order valence-corrected chi connectivity index (χ2v) is 9.29. The Labute approximate surface area is 172 Å². The summed E-state index contributed by atoms with van der Waals surface area (Å²) in [6.45, 7) is 7.32. The number of hydrogen-bond acceptors (Lipinski definition) is 5. The molecule has 158 valence electrons. The molecule has 1 heterocycles. The molecule has 2 bridgehead atoms. The molecule has 0 radical (unpaired) electrons. The largest absolute Gasteiger partial charge is 0.493 e. The Hall–Kier alpha value is -2.50. The fourth-order valence-corrected chi connectivity index (χ4v) is 5.14. The molecular formula is C23H31NO5. The predicted octanol–water partition coefficient (Wildman–Crippen LogP) is 3.69. The lowest BCUT2D eigenvalue weighted by Gasteiger charge is -2.39. The minimum atomic E-state index is -0.540. The molecule has 3 rings (SSSR count). The fraction of sp³-hybridized carbons (Fsp3) is 0.565. The van der Waals surface area contributed by atoms with Crippen LogP contribution in [-0.4, -0.2) is 50.2 Å². The number of benzene rings is 1. The van der Waals surface area contributed by atoms with Crippen molar-refractivity contribution in [1.82, 2.24) is 4.90 Å². The number of rotatable bonds is 6. The van der Waals surface area contributed by atoms with E-state index in [1.807, 2.05) is 11.0 Å². The van der Waals surface area contributed by atoms with E-state index in [-0.39, 0.29) is 29.4 Å². The van der Waals surface area contributed by atoms with Gasteiger partial charge in [0.2, 0.25) is 0 Å². The molecule has 6 nitrogen and oxygen atoms in total. The van der Waals surface area contributed by atoms with E-state index in [0.29, 0.717) is 11.5 Å². The minimum Gasteiger partial charge on any atom is -0.493 e. The first kappa shape index (κ1) is 21.2. The van der Waals surface area contributed by atoms with Crippen LogP contribution in [0.15, 0.2) is 24.3 Å². The molecule has 1 aromatic carbocycles. The Balaban J connectivity index is 1.54. The van der Waals surface area contributed by atoms with Crippen molar-refractivity contribution in [1.29, 1.82) is 0 Å². The topological polar surface area (TPSA) is 65.1 Å². The third-order valence-corrected chi connectivity index (χ3v) is 5.89. The zero-order chi connectivity index (χ0) is 21.2. The second-order valence-electron chi connectivity index (χ2n) is 9.29. The maximum atomic E-state index is 12.7. The number of fused-ring (bicyclic) bond motifs is 2. The highest BCUT2D eigenvalue weighted by Gasteiger charge is 2.50. The summed E-state index contributed by atoms with van der Waals surface area (Å²) in [5, 5.41) is 0. The third-order valence-electron chi connectivity index (χ3n) is 5.89. The third kappa shape index (κ3) is 4.92. The summed E-state index contributed by atoms with van der Waals surface area (Å²) >= 11 is 0. The number of nitrogens with zero attached hydrogens (tertiary/aromatic N) is 1. The summed E-state index contributed by atoms with van der Waals surface area (Å²) < 4.78 is 15.6. The average molecular weight is 402 g/mol. The van der Waals surface area contributed by atoms with Gasteiger partial charge in [-0.3, -0.25) is 4.79 Å². The summed E-state index contributed by atoms with van der Waals surface area (Å²) in [7, 11) is 3.12. The molecule has 1 saturated heterocycles. The molecule has 0 aromatic heterocycles. The average Bonchev–Trinajstić information content (AvgIpc) is 2.92. The van der Waals surface area contributed by atoms with E-state index < -0.39 is 5.97 Å². The van der Waals surface area contributed by atoms with Gasteiger partial charge in [0.25, 0.3) is 5.91 Å². The van der Waals surface area contributed by atoms with Crippen LogP contribution in [0.1, 0.15) is 45.6 Å². The van der Waals surface area contributed by atoms with Crippen molar-refractivity contribution >= 4 is 18.0 Å². The molecule has 2 atom stereocenters. The van der Waals surface area contributed by atoms with Gasteiger partial charge in [-0.15, -0.1) is 0 Å². The monoisotopic (exact) mass is 401 g/mol. The Morgan fingerprint density at radius 2 is 1.86 bits per heavy atom. The quantitative estimate of drug-likeness (QED) is 0.537. The summed E-state index contributed by atoms with van der Waals surface area (Å²) in [4.78, 5) is 26.7. The van der Waals surface area contributed by atoms with E-state index in [2.05, 4.69) is 20.8 Å². The van der Waals surface area contributed by atoms with Crippen LogP contribution in [0.25, 0.3) is 6.08 Å². The van der Waals surface area contributed by atoms with Gasteiger partial charge in [-0.1, -0.05) is 26.8 Å². The first-order chi connectivity index (χ1) is 13.6. The molecule has 2 aliphatic rings. The molecule has 29 heavy (non-hydrogen) atoms. The van der Waals surface area contributed by atoms with Crippen LogP contribution < -0.4 is 9.47 Å². The van der Waals surface area contributed by atoms with E-state index in [0.717, 1.165) is 31.4 Å². The number of carbonyl (C=O) groups is 2. The lowest BCUT2D eigenvalue weighted by atomic mass is 9.65. The van der Waals surface area contributed by atoms with E-state index in [1.54, 1.807) is 32.4 Å². The van der Waals surface area contributed by atoms with Gasteiger partial charge in [0, 0.05) is 18.7 Å². The van der Waals surface area contributed by atoms with E-state index >= 15 is 0 Å². The number of amides is 1. The van der Waals surface area contributed by atoms with Crippen LogP contribution in [0.2, 0.25) is 0 Å². The first-order valence-corrected chi connectivity index (χ1v) is 10.0. The van der Waals surface area contributed by atoms with Crippen molar-refractivity contribution in [3.63, 3.8) is 0 Å². The smallest absolute Gasteiger partial charge is 0.331 e. The Morgan fingerprint density at radius 3 is 2.55 bits per heavy atom. The molecule has 2 fully saturated rings. The maximum Gasteiger partial charge on any atom is 0.331 e. The van der Waals surface area contributed by atoms with Crippen molar-refractivity contribution < 1.29 is 23.8 Å². The molecule has 0 spiro atoms. The van der Waals surface area contributed by atoms with Crippen LogP contribution in [0.5, 0.6) is 11.5 Å². The molecule has 1 saturated carbocycles. The Kier molecular flexibility index (Phi) is 5.92. The van der Waals surface area contributed by atoms with Crippen molar-refractivity contribution in [2.24, 2.45) is 10.8 Å². The SMILES string of the molecule is COc1ccc(/C=C/C(=O)OCC(=O)N2CC3(C)CC2CC(C)(C)C3)cc1OC. The predicted molar refractivity (Wildman–Crippen MR) is 111 cm³/mol. The van der Waals surface area contributed by atoms with Crippen molar-refractivity contribution in [3.8, 4) is 11.5 Å². The number of methoxy groups -OCH3 is 2. The van der Waals surface area contributed by atoms with Crippen LogP contribution >= 0.6 is 0 Å². The highest BCUT2D eigenvalue weighted by molar-refractivity contribution is 5.89. The molecule has 1 aromatic rings. The molecule has 1 amide bonds. The second kappa shape index (κ2) is 8.09. The van der Waals surface area contributed by atoms with Crippen molar-refractivity contribution in [2.45, 2.75) is 46.1 Å². The highest BCUT2D eigenvalue weighted by atomic mass is 16.5. The zero-order valence-electron chi connectivity index (χ0n) is 18.0. The standard InChI is InChI=1S/C23H31NO5/c1-22(2)11-17-12-23(3,14-22)15-24(17)20(25)13-29-21(26)9-7-16-6-8-18(27-4)19(10-16)28-5/h6-10,17H,11-15H2,1-5H3/b9-7+. The van der Waals surface area contributed by atoms with E-state index in [9.17, 15) is 9.59 Å². The van der Waals surface area contributed by atoms with Crippen LogP contribution in [0.3, 0.4) is 0 Å². The van der Waals surface area contributed by atoms with Gasteiger partial charge < -0.3 is 19.1 Å². The van der Waals surface area contributed by atoms with Gasteiger partial charge in [-0.25, -0.2) is 4.79 Å². The lowest BCUT2D eigenvalue weighted by Crippen LogP contribution is -2.39. The van der Waals surface area contributed by atoms with Crippen LogP contribution in [-0.2, 0) is 14.3 Å². The summed E-state index contributed by atoms with van der Waals surface area (Å²) in [6, 6.07) is 5.59. The summed E-state index contributed by atoms with van der Waals surface area (Å²) in [5.74, 6) is 0.548. The molecular weight excluding hydrogens is 370 g/mol. The van der Waals surface area contributed by atoms with Crippen molar-refractivity contribution in [3.05, 3.63) is 29.8 Å². The molecule has 2 unspecified atom stereocenters. The Bertz CT molecular complexity index is 815. The molecule has 0 N–H and O–H groups in total. The molecule has 1 aliphatic heterocycles. The first-order valence-electron chi connectivity index (χ1n) is 10.0. The minimum absolute atomic E-state index is 0.107. The number of esters is 1.